The standard InChI is InChI=1S/C19H16ClFN2O/c1-12-16(10-18(23-12)13-6-8-15(21)9-7-13)19(24)22-11-14-4-2-3-5-17(14)20/h2-10,23H,11H2,1H3,(H,22,24). The van der Waals surface area contributed by atoms with Crippen LogP contribution >= 0.6 is 11.6 Å². The van der Waals surface area contributed by atoms with Gasteiger partial charge in [-0.25, -0.2) is 4.39 Å². The van der Waals surface area contributed by atoms with E-state index in [0.29, 0.717) is 17.1 Å². The van der Waals surface area contributed by atoms with Crippen molar-refractivity contribution < 1.29 is 9.18 Å². The number of nitrogens with one attached hydrogen (secondary N) is 2. The lowest BCUT2D eigenvalue weighted by Crippen LogP contribution is -2.23. The molecular weight excluding hydrogens is 327 g/mol. The molecule has 122 valence electrons. The lowest BCUT2D eigenvalue weighted by molar-refractivity contribution is 0.0950. The predicted molar refractivity (Wildman–Crippen MR) is 93.5 cm³/mol. The van der Waals surface area contributed by atoms with E-state index in [2.05, 4.69) is 10.3 Å². The molecule has 0 saturated heterocycles. The molecule has 24 heavy (non-hydrogen) atoms. The van der Waals surface area contributed by atoms with Crippen LogP contribution in [0.3, 0.4) is 0 Å². The molecular formula is C19H16ClFN2O. The third-order valence-corrected chi connectivity index (χ3v) is 4.18. The Bertz CT molecular complexity index is 871. The monoisotopic (exact) mass is 342 g/mol. The van der Waals surface area contributed by atoms with Crippen molar-refractivity contribution in [2.75, 3.05) is 0 Å². The van der Waals surface area contributed by atoms with Crippen LogP contribution in [0.5, 0.6) is 0 Å². The van der Waals surface area contributed by atoms with E-state index in [1.807, 2.05) is 25.1 Å². The van der Waals surface area contributed by atoms with Crippen molar-refractivity contribution in [1.82, 2.24) is 10.3 Å². The van der Waals surface area contributed by atoms with Crippen molar-refractivity contribution in [2.45, 2.75) is 13.5 Å². The number of halogens is 2. The fourth-order valence-electron chi connectivity index (χ4n) is 2.49. The smallest absolute Gasteiger partial charge is 0.253 e. The Hall–Kier alpha value is -2.59. The quantitative estimate of drug-likeness (QED) is 0.708. The van der Waals surface area contributed by atoms with Gasteiger partial charge in [0.1, 0.15) is 5.82 Å². The van der Waals surface area contributed by atoms with Gasteiger partial charge < -0.3 is 10.3 Å². The Labute approximate surface area is 144 Å². The molecule has 0 aliphatic heterocycles. The third-order valence-electron chi connectivity index (χ3n) is 3.81. The molecule has 0 aliphatic rings. The van der Waals surface area contributed by atoms with E-state index < -0.39 is 0 Å². The Kier molecular flexibility index (Phi) is 4.67. The minimum absolute atomic E-state index is 0.183. The van der Waals surface area contributed by atoms with Gasteiger partial charge >= 0.3 is 0 Å². The number of amides is 1. The predicted octanol–water partition coefficient (Wildman–Crippen LogP) is 4.71. The minimum Gasteiger partial charge on any atom is -0.358 e. The van der Waals surface area contributed by atoms with Crippen molar-refractivity contribution in [3.8, 4) is 11.3 Å². The lowest BCUT2D eigenvalue weighted by Gasteiger charge is -2.06. The number of carbonyl (C=O) groups excluding carboxylic acids is 1. The number of hydrogen-bond donors (Lipinski definition) is 2. The first-order chi connectivity index (χ1) is 11.5. The topological polar surface area (TPSA) is 44.9 Å². The SMILES string of the molecule is Cc1[nH]c(-c2ccc(F)cc2)cc1C(=O)NCc1ccccc1Cl. The Balaban J connectivity index is 1.76. The molecule has 0 saturated carbocycles. The van der Waals surface area contributed by atoms with Crippen molar-refractivity contribution in [3.63, 3.8) is 0 Å². The van der Waals surface area contributed by atoms with Gasteiger partial charge in [-0.15, -0.1) is 0 Å². The summed E-state index contributed by atoms with van der Waals surface area (Å²) in [5.74, 6) is -0.475. The maximum absolute atomic E-state index is 13.0. The van der Waals surface area contributed by atoms with Gasteiger partial charge in [-0.3, -0.25) is 4.79 Å². The first-order valence-corrected chi connectivity index (χ1v) is 7.89. The highest BCUT2D eigenvalue weighted by Crippen LogP contribution is 2.22. The van der Waals surface area contributed by atoms with Gasteiger partial charge in [-0.2, -0.15) is 0 Å². The third kappa shape index (κ3) is 3.49. The molecule has 0 fully saturated rings. The van der Waals surface area contributed by atoms with E-state index >= 15 is 0 Å². The molecule has 3 rings (SSSR count). The van der Waals surface area contributed by atoms with Crippen LogP contribution in [-0.2, 0) is 6.54 Å². The van der Waals surface area contributed by atoms with Crippen LogP contribution < -0.4 is 5.32 Å². The van der Waals surface area contributed by atoms with Gasteiger partial charge in [0.2, 0.25) is 0 Å². The van der Waals surface area contributed by atoms with E-state index in [0.717, 1.165) is 22.5 Å². The van der Waals surface area contributed by atoms with Gasteiger partial charge in [-0.1, -0.05) is 29.8 Å². The molecule has 1 amide bonds. The molecule has 1 heterocycles. The molecule has 3 nitrogen and oxygen atoms in total. The van der Waals surface area contributed by atoms with E-state index in [9.17, 15) is 9.18 Å². The van der Waals surface area contributed by atoms with Gasteiger partial charge in [0, 0.05) is 23.0 Å². The number of benzene rings is 2. The van der Waals surface area contributed by atoms with Crippen LogP contribution in [0.25, 0.3) is 11.3 Å². The molecule has 0 aliphatic carbocycles. The fraction of sp³-hybridized carbons (Fsp3) is 0.105. The molecule has 0 spiro atoms. The molecule has 0 radical (unpaired) electrons. The summed E-state index contributed by atoms with van der Waals surface area (Å²) >= 11 is 6.09. The van der Waals surface area contributed by atoms with Gasteiger partial charge in [-0.05, 0) is 54.4 Å². The number of aromatic nitrogens is 1. The van der Waals surface area contributed by atoms with E-state index in [4.69, 9.17) is 11.6 Å². The summed E-state index contributed by atoms with van der Waals surface area (Å²) in [5, 5.41) is 3.49. The van der Waals surface area contributed by atoms with Crippen LogP contribution in [0.4, 0.5) is 4.39 Å². The number of carbonyl (C=O) groups is 1. The molecule has 0 bridgehead atoms. The normalized spacial score (nSPS) is 10.6. The average Bonchev–Trinajstić information content (AvgIpc) is 2.96. The zero-order chi connectivity index (χ0) is 17.1. The minimum atomic E-state index is -0.292. The average molecular weight is 343 g/mol. The molecule has 2 N–H and O–H groups in total. The summed E-state index contributed by atoms with van der Waals surface area (Å²) in [6, 6.07) is 15.3. The molecule has 3 aromatic rings. The summed E-state index contributed by atoms with van der Waals surface area (Å²) < 4.78 is 13.0. The van der Waals surface area contributed by atoms with Crippen molar-refractivity contribution in [3.05, 3.63) is 82.3 Å². The maximum atomic E-state index is 13.0. The zero-order valence-electron chi connectivity index (χ0n) is 13.1. The largest absolute Gasteiger partial charge is 0.358 e. The number of rotatable bonds is 4. The molecule has 1 aromatic heterocycles. The van der Waals surface area contributed by atoms with E-state index in [1.54, 1.807) is 24.3 Å². The summed E-state index contributed by atoms with van der Waals surface area (Å²) in [7, 11) is 0. The summed E-state index contributed by atoms with van der Waals surface area (Å²) in [4.78, 5) is 15.6. The Morgan fingerprint density at radius 3 is 2.58 bits per heavy atom. The second-order valence-corrected chi connectivity index (χ2v) is 5.91. The van der Waals surface area contributed by atoms with Crippen LogP contribution in [0.1, 0.15) is 21.6 Å². The number of aromatic amines is 1. The van der Waals surface area contributed by atoms with Crippen molar-refractivity contribution in [2.24, 2.45) is 0 Å². The van der Waals surface area contributed by atoms with Crippen LogP contribution in [-0.4, -0.2) is 10.9 Å². The highest BCUT2D eigenvalue weighted by atomic mass is 35.5. The number of aryl methyl sites for hydroxylation is 1. The first-order valence-electron chi connectivity index (χ1n) is 7.52. The van der Waals surface area contributed by atoms with Crippen LogP contribution in [0, 0.1) is 12.7 Å². The van der Waals surface area contributed by atoms with E-state index in [-0.39, 0.29) is 11.7 Å². The maximum Gasteiger partial charge on any atom is 0.253 e. The summed E-state index contributed by atoms with van der Waals surface area (Å²) in [6.45, 7) is 2.19. The van der Waals surface area contributed by atoms with Crippen molar-refractivity contribution in [1.29, 1.82) is 0 Å². The summed E-state index contributed by atoms with van der Waals surface area (Å²) in [5.41, 5.74) is 3.77. The number of hydrogen-bond acceptors (Lipinski definition) is 1. The van der Waals surface area contributed by atoms with E-state index in [1.165, 1.54) is 12.1 Å². The molecule has 0 unspecified atom stereocenters. The molecule has 5 heteroatoms. The van der Waals surface area contributed by atoms with Gasteiger partial charge in [0.15, 0.2) is 0 Å². The van der Waals surface area contributed by atoms with Crippen LogP contribution in [0.2, 0.25) is 5.02 Å². The molecule has 0 atom stereocenters. The van der Waals surface area contributed by atoms with Gasteiger partial charge in [0.25, 0.3) is 5.91 Å². The second-order valence-electron chi connectivity index (χ2n) is 5.50. The second kappa shape index (κ2) is 6.89. The fourth-order valence-corrected chi connectivity index (χ4v) is 2.69. The Morgan fingerprint density at radius 1 is 1.17 bits per heavy atom. The number of H-pyrrole nitrogens is 1. The highest BCUT2D eigenvalue weighted by molar-refractivity contribution is 6.31. The zero-order valence-corrected chi connectivity index (χ0v) is 13.8. The Morgan fingerprint density at radius 2 is 1.88 bits per heavy atom. The van der Waals surface area contributed by atoms with Crippen LogP contribution in [0.15, 0.2) is 54.6 Å². The van der Waals surface area contributed by atoms with Gasteiger partial charge in [0.05, 0.1) is 5.56 Å². The van der Waals surface area contributed by atoms with Crippen molar-refractivity contribution >= 4 is 17.5 Å². The summed E-state index contributed by atoms with van der Waals surface area (Å²) in [6.07, 6.45) is 0. The first kappa shape index (κ1) is 16.3. The molecule has 2 aromatic carbocycles. The highest BCUT2D eigenvalue weighted by Gasteiger charge is 2.14. The lowest BCUT2D eigenvalue weighted by atomic mass is 10.1.